The lowest BCUT2D eigenvalue weighted by molar-refractivity contribution is -0.0790. The highest BCUT2D eigenvalue weighted by molar-refractivity contribution is 6.48. The Morgan fingerprint density at radius 3 is 1.87 bits per heavy atom. The van der Waals surface area contributed by atoms with E-state index < -0.39 is 6.18 Å². The third-order valence-corrected chi connectivity index (χ3v) is 2.67. The Morgan fingerprint density at radius 2 is 1.47 bits per heavy atom. The molecule has 1 rings (SSSR count). The van der Waals surface area contributed by atoms with Crippen LogP contribution >= 0.6 is 34.8 Å². The van der Waals surface area contributed by atoms with Crippen LogP contribution in [-0.4, -0.2) is 6.18 Å². The van der Waals surface area contributed by atoms with Gasteiger partial charge in [-0.3, -0.25) is 0 Å². The summed E-state index contributed by atoms with van der Waals surface area (Å²) in [5.74, 6) is 0. The van der Waals surface area contributed by atoms with Gasteiger partial charge < -0.3 is 0 Å². The maximum absolute atomic E-state index is 11.8. The zero-order chi connectivity index (χ0) is 11.6. The molecule has 1 aromatic carbocycles. The molecule has 1 aromatic rings. The molecule has 0 saturated carbocycles. The molecule has 0 saturated heterocycles. The molecule has 0 bridgehead atoms. The average molecular weight is 275 g/mol. The quantitative estimate of drug-likeness (QED) is 0.616. The summed E-state index contributed by atoms with van der Waals surface area (Å²) in [6, 6.07) is 2.61. The Bertz CT molecular complexity index is 373. The van der Waals surface area contributed by atoms with Crippen LogP contribution in [0.15, 0.2) is 18.2 Å². The maximum atomic E-state index is 11.8. The van der Waals surface area contributed by atoms with E-state index in [4.69, 9.17) is 34.8 Å². The van der Waals surface area contributed by atoms with E-state index in [1.807, 2.05) is 0 Å². The Kier molecular flexibility index (Phi) is 3.93. The van der Waals surface area contributed by atoms with E-state index in [0.29, 0.717) is 0 Å². The molecule has 0 N–H and O–H groups in total. The van der Waals surface area contributed by atoms with Crippen LogP contribution in [0.5, 0.6) is 0 Å². The Balaban J connectivity index is 3.03. The molecule has 0 aliphatic heterocycles. The van der Waals surface area contributed by atoms with Crippen molar-refractivity contribution in [2.45, 2.75) is 6.18 Å². The van der Waals surface area contributed by atoms with E-state index in [1.54, 1.807) is 0 Å². The van der Waals surface area contributed by atoms with Crippen LogP contribution < -0.4 is 0 Å². The topological polar surface area (TPSA) is 0 Å². The lowest BCUT2D eigenvalue weighted by Crippen LogP contribution is -2.00. The molecule has 0 spiro atoms. The Morgan fingerprint density at radius 1 is 1.00 bits per heavy atom. The molecule has 0 nitrogen and oxygen atoms in total. The van der Waals surface area contributed by atoms with E-state index in [9.17, 15) is 13.2 Å². The van der Waals surface area contributed by atoms with E-state index in [0.717, 1.165) is 6.08 Å². The van der Waals surface area contributed by atoms with Crippen molar-refractivity contribution >= 4 is 40.9 Å². The lowest BCUT2D eigenvalue weighted by Gasteiger charge is -2.02. The van der Waals surface area contributed by atoms with Crippen molar-refractivity contribution in [1.82, 2.24) is 0 Å². The fourth-order valence-corrected chi connectivity index (χ4v) is 1.48. The summed E-state index contributed by atoms with van der Waals surface area (Å²) < 4.78 is 35.5. The van der Waals surface area contributed by atoms with Crippen molar-refractivity contribution in [2.75, 3.05) is 0 Å². The summed E-state index contributed by atoms with van der Waals surface area (Å²) in [6.07, 6.45) is -3.39. The second kappa shape index (κ2) is 4.64. The van der Waals surface area contributed by atoms with E-state index in [-0.39, 0.29) is 26.7 Å². The summed E-state index contributed by atoms with van der Waals surface area (Å²) >= 11 is 16.9. The SMILES string of the molecule is FC(F)(F)C=Cc1cc(Cl)c(Cl)c(Cl)c1. The Labute approximate surface area is 99.2 Å². The molecule has 0 aromatic heterocycles. The van der Waals surface area contributed by atoms with Gasteiger partial charge in [0.1, 0.15) is 0 Å². The van der Waals surface area contributed by atoms with Crippen LogP contribution in [-0.2, 0) is 0 Å². The van der Waals surface area contributed by atoms with Crippen LogP contribution in [0.1, 0.15) is 5.56 Å². The maximum Gasteiger partial charge on any atom is 0.409 e. The third kappa shape index (κ3) is 3.93. The highest BCUT2D eigenvalue weighted by Gasteiger charge is 2.21. The smallest absolute Gasteiger partial charge is 0.167 e. The van der Waals surface area contributed by atoms with Gasteiger partial charge >= 0.3 is 6.18 Å². The number of hydrogen-bond acceptors (Lipinski definition) is 0. The molecule has 0 radical (unpaired) electrons. The zero-order valence-electron chi connectivity index (χ0n) is 7.08. The van der Waals surface area contributed by atoms with Crippen LogP contribution in [0.3, 0.4) is 0 Å². The van der Waals surface area contributed by atoms with Crippen LogP contribution in [0.25, 0.3) is 6.08 Å². The first-order valence-corrected chi connectivity index (χ1v) is 4.83. The van der Waals surface area contributed by atoms with Gasteiger partial charge in [0.05, 0.1) is 15.1 Å². The molecule has 82 valence electrons. The Hall–Kier alpha value is -0.380. The first-order valence-electron chi connectivity index (χ1n) is 3.70. The van der Waals surface area contributed by atoms with Gasteiger partial charge in [-0.2, -0.15) is 13.2 Å². The van der Waals surface area contributed by atoms with E-state index in [1.165, 1.54) is 12.1 Å². The van der Waals surface area contributed by atoms with Crippen molar-refractivity contribution < 1.29 is 13.2 Å². The minimum absolute atomic E-state index is 0.100. The van der Waals surface area contributed by atoms with E-state index in [2.05, 4.69) is 0 Å². The molecular weight excluding hydrogens is 271 g/mol. The number of halogens is 6. The molecule has 6 heteroatoms. The molecule has 0 amide bonds. The summed E-state index contributed by atoms with van der Waals surface area (Å²) in [4.78, 5) is 0. The van der Waals surface area contributed by atoms with Gasteiger partial charge in [-0.15, -0.1) is 0 Å². The number of benzene rings is 1. The van der Waals surface area contributed by atoms with Crippen molar-refractivity contribution in [1.29, 1.82) is 0 Å². The molecule has 0 aliphatic rings. The van der Waals surface area contributed by atoms with Gasteiger partial charge in [0.15, 0.2) is 0 Å². The van der Waals surface area contributed by atoms with Crippen LogP contribution in [0.4, 0.5) is 13.2 Å². The van der Waals surface area contributed by atoms with Crippen molar-refractivity contribution in [3.05, 3.63) is 38.8 Å². The molecule has 0 fully saturated rings. The lowest BCUT2D eigenvalue weighted by atomic mass is 10.2. The zero-order valence-corrected chi connectivity index (χ0v) is 9.34. The summed E-state index contributed by atoms with van der Waals surface area (Å²) in [7, 11) is 0. The fraction of sp³-hybridized carbons (Fsp3) is 0.111. The van der Waals surface area contributed by atoms with Crippen molar-refractivity contribution in [3.63, 3.8) is 0 Å². The number of hydrogen-bond donors (Lipinski definition) is 0. The van der Waals surface area contributed by atoms with Gasteiger partial charge in [-0.05, 0) is 23.8 Å². The van der Waals surface area contributed by atoms with Gasteiger partial charge in [0.25, 0.3) is 0 Å². The molecule has 0 unspecified atom stereocenters. The normalized spacial score (nSPS) is 12.4. The average Bonchev–Trinajstić information content (AvgIpc) is 2.09. The second-order valence-corrected chi connectivity index (χ2v) is 3.87. The minimum atomic E-state index is -4.36. The molecule has 15 heavy (non-hydrogen) atoms. The summed E-state index contributed by atoms with van der Waals surface area (Å²) in [6.45, 7) is 0. The summed E-state index contributed by atoms with van der Waals surface area (Å²) in [5, 5.41) is 0.361. The number of allylic oxidation sites excluding steroid dienone is 1. The number of alkyl halides is 3. The largest absolute Gasteiger partial charge is 0.409 e. The van der Waals surface area contributed by atoms with Gasteiger partial charge in [-0.25, -0.2) is 0 Å². The predicted octanol–water partition coefficient (Wildman–Crippen LogP) is 5.22. The van der Waals surface area contributed by atoms with Crippen LogP contribution in [0.2, 0.25) is 15.1 Å². The monoisotopic (exact) mass is 274 g/mol. The van der Waals surface area contributed by atoms with Crippen molar-refractivity contribution in [2.24, 2.45) is 0 Å². The molecule has 0 aliphatic carbocycles. The van der Waals surface area contributed by atoms with Crippen LogP contribution in [0, 0.1) is 0 Å². The highest BCUT2D eigenvalue weighted by atomic mass is 35.5. The highest BCUT2D eigenvalue weighted by Crippen LogP contribution is 2.32. The molecule has 0 atom stereocenters. The molecule has 0 heterocycles. The standard InChI is InChI=1S/C9H4Cl3F3/c10-6-3-5(1-2-9(13,14)15)4-7(11)8(6)12/h1-4H. The number of rotatable bonds is 1. The fourth-order valence-electron chi connectivity index (χ4n) is 0.862. The summed E-state index contributed by atoms with van der Waals surface area (Å²) in [5.41, 5.74) is 0.242. The second-order valence-electron chi connectivity index (χ2n) is 2.67. The first-order chi connectivity index (χ1) is 6.79. The predicted molar refractivity (Wildman–Crippen MR) is 56.6 cm³/mol. The molecular formula is C9H4Cl3F3. The van der Waals surface area contributed by atoms with Gasteiger partial charge in [0, 0.05) is 6.08 Å². The van der Waals surface area contributed by atoms with Gasteiger partial charge in [-0.1, -0.05) is 34.8 Å². The minimum Gasteiger partial charge on any atom is -0.167 e. The van der Waals surface area contributed by atoms with Crippen molar-refractivity contribution in [3.8, 4) is 0 Å². The van der Waals surface area contributed by atoms with Gasteiger partial charge in [0.2, 0.25) is 0 Å². The first kappa shape index (κ1) is 12.7. The van der Waals surface area contributed by atoms with E-state index >= 15 is 0 Å². The third-order valence-electron chi connectivity index (χ3n) is 1.47.